The summed E-state index contributed by atoms with van der Waals surface area (Å²) in [5.41, 5.74) is 2.45. The smallest absolute Gasteiger partial charge is 0.256 e. The van der Waals surface area contributed by atoms with Gasteiger partial charge in [0, 0.05) is 18.7 Å². The molecule has 3 aromatic rings. The summed E-state index contributed by atoms with van der Waals surface area (Å²) in [5, 5.41) is 2.83. The number of carbonyl (C=O) groups is 1. The molecule has 0 saturated carbocycles. The molecule has 0 spiro atoms. The van der Waals surface area contributed by atoms with Crippen LogP contribution in [0.1, 0.15) is 10.4 Å². The second kappa shape index (κ2) is 9.52. The van der Waals surface area contributed by atoms with E-state index in [-0.39, 0.29) is 16.5 Å². The number of hydrogen-bond donors (Lipinski definition) is 1. The minimum absolute atomic E-state index is 0.0897. The minimum atomic E-state index is -3.71. The van der Waals surface area contributed by atoms with Gasteiger partial charge in [-0.05, 0) is 35.4 Å². The Hall–Kier alpha value is -3.20. The maximum Gasteiger partial charge on any atom is 0.256 e. The van der Waals surface area contributed by atoms with Crippen LogP contribution in [0, 0.1) is 0 Å². The molecule has 1 aliphatic rings. The van der Waals surface area contributed by atoms with E-state index in [0.717, 1.165) is 11.1 Å². The highest BCUT2D eigenvalue weighted by Gasteiger charge is 2.27. The molecule has 0 bridgehead atoms. The number of carbonyl (C=O) groups excluding carboxylic acids is 1. The van der Waals surface area contributed by atoms with Gasteiger partial charge < -0.3 is 14.8 Å². The number of amides is 1. The molecule has 0 aromatic heterocycles. The molecule has 1 saturated heterocycles. The molecule has 4 rings (SSSR count). The first kappa shape index (κ1) is 22.0. The van der Waals surface area contributed by atoms with Crippen LogP contribution in [0.5, 0.6) is 5.75 Å². The van der Waals surface area contributed by atoms with Crippen molar-refractivity contribution < 1.29 is 22.7 Å². The SMILES string of the molecule is COc1ccc(S(=O)(=O)N2CCOCC2)cc1NC(=O)c1ccccc1-c1ccccc1. The minimum Gasteiger partial charge on any atom is -0.495 e. The number of rotatable bonds is 6. The Morgan fingerprint density at radius 2 is 1.66 bits per heavy atom. The van der Waals surface area contributed by atoms with Crippen molar-refractivity contribution in [3.8, 4) is 16.9 Å². The summed E-state index contributed by atoms with van der Waals surface area (Å²) in [5.74, 6) is 0.0140. The van der Waals surface area contributed by atoms with Gasteiger partial charge in [-0.1, -0.05) is 48.5 Å². The molecular weight excluding hydrogens is 428 g/mol. The third-order valence-corrected chi connectivity index (χ3v) is 7.18. The van der Waals surface area contributed by atoms with Crippen molar-refractivity contribution in [2.24, 2.45) is 0 Å². The van der Waals surface area contributed by atoms with Gasteiger partial charge in [0.15, 0.2) is 0 Å². The van der Waals surface area contributed by atoms with Crippen LogP contribution in [0.15, 0.2) is 77.7 Å². The zero-order valence-corrected chi connectivity index (χ0v) is 18.5. The molecule has 8 heteroatoms. The highest BCUT2D eigenvalue weighted by atomic mass is 32.2. The van der Waals surface area contributed by atoms with Crippen LogP contribution in [0.4, 0.5) is 5.69 Å². The first-order valence-corrected chi connectivity index (χ1v) is 11.7. The third-order valence-electron chi connectivity index (χ3n) is 5.28. The van der Waals surface area contributed by atoms with Crippen LogP contribution in [0.2, 0.25) is 0 Å². The number of benzene rings is 3. The maximum atomic E-state index is 13.2. The highest BCUT2D eigenvalue weighted by molar-refractivity contribution is 7.89. The molecule has 0 atom stereocenters. The molecule has 7 nitrogen and oxygen atoms in total. The number of morpholine rings is 1. The van der Waals surface area contributed by atoms with Gasteiger partial charge in [0.25, 0.3) is 5.91 Å². The van der Waals surface area contributed by atoms with E-state index in [0.29, 0.717) is 37.6 Å². The lowest BCUT2D eigenvalue weighted by molar-refractivity contribution is 0.0730. The summed E-state index contributed by atoms with van der Waals surface area (Å²) in [6, 6.07) is 21.3. The topological polar surface area (TPSA) is 84.9 Å². The van der Waals surface area contributed by atoms with Crippen molar-refractivity contribution in [3.63, 3.8) is 0 Å². The van der Waals surface area contributed by atoms with E-state index >= 15 is 0 Å². The van der Waals surface area contributed by atoms with Gasteiger partial charge in [-0.15, -0.1) is 0 Å². The van der Waals surface area contributed by atoms with Crippen LogP contribution in [-0.2, 0) is 14.8 Å². The molecule has 1 fully saturated rings. The Kier molecular flexibility index (Phi) is 6.55. The molecular formula is C24H24N2O5S. The van der Waals surface area contributed by atoms with Crippen molar-refractivity contribution >= 4 is 21.6 Å². The summed E-state index contributed by atoms with van der Waals surface area (Å²) in [4.78, 5) is 13.3. The molecule has 32 heavy (non-hydrogen) atoms. The number of nitrogens with one attached hydrogen (secondary N) is 1. The molecule has 1 heterocycles. The van der Waals surface area contributed by atoms with Gasteiger partial charge in [-0.25, -0.2) is 8.42 Å². The van der Waals surface area contributed by atoms with Crippen LogP contribution >= 0.6 is 0 Å². The Morgan fingerprint density at radius 3 is 2.38 bits per heavy atom. The fourth-order valence-electron chi connectivity index (χ4n) is 3.62. The lowest BCUT2D eigenvalue weighted by Crippen LogP contribution is -2.40. The molecule has 166 valence electrons. The number of ether oxygens (including phenoxy) is 2. The van der Waals surface area contributed by atoms with Crippen molar-refractivity contribution in [2.75, 3.05) is 38.7 Å². The van der Waals surface area contributed by atoms with E-state index in [2.05, 4.69) is 5.32 Å². The lowest BCUT2D eigenvalue weighted by Gasteiger charge is -2.26. The molecule has 0 radical (unpaired) electrons. The highest BCUT2D eigenvalue weighted by Crippen LogP contribution is 2.31. The normalized spacial score (nSPS) is 14.7. The van der Waals surface area contributed by atoms with Crippen molar-refractivity contribution in [3.05, 3.63) is 78.4 Å². The fourth-order valence-corrected chi connectivity index (χ4v) is 5.06. The Labute approximate surface area is 187 Å². The van der Waals surface area contributed by atoms with Gasteiger partial charge in [0.05, 0.1) is 30.9 Å². The Bertz CT molecular complexity index is 1210. The average molecular weight is 453 g/mol. The summed E-state index contributed by atoms with van der Waals surface area (Å²) in [7, 11) is -2.24. The lowest BCUT2D eigenvalue weighted by atomic mass is 9.99. The number of methoxy groups -OCH3 is 1. The standard InChI is InChI=1S/C24H24N2O5S/c1-30-23-12-11-19(32(28,29)26-13-15-31-16-14-26)17-22(23)25-24(27)21-10-6-5-9-20(21)18-7-3-2-4-8-18/h2-12,17H,13-16H2,1H3,(H,25,27). The van der Waals surface area contributed by atoms with E-state index in [1.165, 1.54) is 23.5 Å². The van der Waals surface area contributed by atoms with Crippen LogP contribution < -0.4 is 10.1 Å². The van der Waals surface area contributed by atoms with E-state index in [4.69, 9.17) is 9.47 Å². The van der Waals surface area contributed by atoms with Gasteiger partial charge in [0.1, 0.15) is 5.75 Å². The number of nitrogens with zero attached hydrogens (tertiary/aromatic N) is 1. The largest absolute Gasteiger partial charge is 0.495 e. The van der Waals surface area contributed by atoms with E-state index < -0.39 is 10.0 Å². The molecule has 1 aliphatic heterocycles. The van der Waals surface area contributed by atoms with Gasteiger partial charge in [0.2, 0.25) is 10.0 Å². The number of hydrogen-bond acceptors (Lipinski definition) is 5. The van der Waals surface area contributed by atoms with E-state index in [1.54, 1.807) is 18.2 Å². The third kappa shape index (κ3) is 4.52. The van der Waals surface area contributed by atoms with Crippen molar-refractivity contribution in [1.29, 1.82) is 0 Å². The first-order valence-electron chi connectivity index (χ1n) is 10.2. The first-order chi connectivity index (χ1) is 15.5. The van der Waals surface area contributed by atoms with Crippen molar-refractivity contribution in [1.82, 2.24) is 4.31 Å². The predicted octanol–water partition coefficient (Wildman–Crippen LogP) is 3.64. The molecule has 1 amide bonds. The quantitative estimate of drug-likeness (QED) is 0.617. The Morgan fingerprint density at radius 1 is 0.969 bits per heavy atom. The molecule has 0 aliphatic carbocycles. The monoisotopic (exact) mass is 452 g/mol. The van der Waals surface area contributed by atoms with Gasteiger partial charge >= 0.3 is 0 Å². The van der Waals surface area contributed by atoms with Gasteiger partial charge in [-0.2, -0.15) is 4.31 Å². The molecule has 0 unspecified atom stereocenters. The Balaban J connectivity index is 1.66. The molecule has 1 N–H and O–H groups in total. The van der Waals surface area contributed by atoms with Crippen LogP contribution in [0.3, 0.4) is 0 Å². The predicted molar refractivity (Wildman–Crippen MR) is 122 cm³/mol. The fraction of sp³-hybridized carbons (Fsp3) is 0.208. The number of anilines is 1. The zero-order valence-electron chi connectivity index (χ0n) is 17.7. The second-order valence-corrected chi connectivity index (χ2v) is 9.18. The summed E-state index contributed by atoms with van der Waals surface area (Å²) in [6.45, 7) is 1.30. The summed E-state index contributed by atoms with van der Waals surface area (Å²) >= 11 is 0. The second-order valence-electron chi connectivity index (χ2n) is 7.24. The summed E-state index contributed by atoms with van der Waals surface area (Å²) < 4.78 is 38.1. The molecule has 3 aromatic carbocycles. The van der Waals surface area contributed by atoms with Gasteiger partial charge in [-0.3, -0.25) is 4.79 Å². The number of sulfonamides is 1. The summed E-state index contributed by atoms with van der Waals surface area (Å²) in [6.07, 6.45) is 0. The average Bonchev–Trinajstić information content (AvgIpc) is 2.85. The van der Waals surface area contributed by atoms with Crippen LogP contribution in [-0.4, -0.2) is 52.0 Å². The van der Waals surface area contributed by atoms with Crippen molar-refractivity contribution in [2.45, 2.75) is 4.90 Å². The van der Waals surface area contributed by atoms with Crippen LogP contribution in [0.25, 0.3) is 11.1 Å². The zero-order chi connectivity index (χ0) is 22.6. The van der Waals surface area contributed by atoms with E-state index in [1.807, 2.05) is 42.5 Å². The van der Waals surface area contributed by atoms with E-state index in [9.17, 15) is 13.2 Å². The maximum absolute atomic E-state index is 13.2.